The Hall–Kier alpha value is -2.29. The molecule has 0 saturated heterocycles. The van der Waals surface area contributed by atoms with Gasteiger partial charge in [0.1, 0.15) is 5.69 Å². The van der Waals surface area contributed by atoms with E-state index in [9.17, 15) is 9.59 Å². The minimum absolute atomic E-state index is 0.219. The zero-order valence-corrected chi connectivity index (χ0v) is 13.8. The SMILES string of the molecule is O=C(Nc1nc(C(=O)Nc2nccs2)cs1)c1ccc(Cl)cc1. The predicted octanol–water partition coefficient (Wildman–Crippen LogP) is 3.76. The molecule has 6 nitrogen and oxygen atoms in total. The minimum Gasteiger partial charge on any atom is -0.298 e. The normalized spacial score (nSPS) is 10.3. The number of aromatic nitrogens is 2. The molecule has 2 aromatic heterocycles. The number of hydrogen-bond donors (Lipinski definition) is 2. The molecule has 0 spiro atoms. The van der Waals surface area contributed by atoms with Crippen LogP contribution in [-0.4, -0.2) is 21.8 Å². The van der Waals surface area contributed by atoms with Gasteiger partial charge >= 0.3 is 0 Å². The van der Waals surface area contributed by atoms with Crippen LogP contribution >= 0.6 is 34.3 Å². The number of halogens is 1. The van der Waals surface area contributed by atoms with Crippen LogP contribution in [0.2, 0.25) is 5.02 Å². The molecule has 0 saturated carbocycles. The smallest absolute Gasteiger partial charge is 0.276 e. The van der Waals surface area contributed by atoms with Gasteiger partial charge < -0.3 is 0 Å². The highest BCUT2D eigenvalue weighted by molar-refractivity contribution is 7.14. The van der Waals surface area contributed by atoms with Crippen LogP contribution in [-0.2, 0) is 0 Å². The highest BCUT2D eigenvalue weighted by Crippen LogP contribution is 2.19. The van der Waals surface area contributed by atoms with E-state index >= 15 is 0 Å². The molecule has 0 aliphatic rings. The second kappa shape index (κ2) is 6.86. The number of hydrogen-bond acceptors (Lipinski definition) is 6. The molecule has 0 aliphatic heterocycles. The Kier molecular flexibility index (Phi) is 4.65. The van der Waals surface area contributed by atoms with E-state index in [4.69, 9.17) is 11.6 Å². The van der Waals surface area contributed by atoms with E-state index in [0.29, 0.717) is 20.8 Å². The van der Waals surface area contributed by atoms with Crippen LogP contribution < -0.4 is 10.6 Å². The number of benzene rings is 1. The molecule has 0 atom stereocenters. The second-order valence-electron chi connectivity index (χ2n) is 4.29. The maximum Gasteiger partial charge on any atom is 0.276 e. The summed E-state index contributed by atoms with van der Waals surface area (Å²) in [6.45, 7) is 0. The molecule has 0 aliphatic carbocycles. The Bertz CT molecular complexity index is 831. The molecule has 3 rings (SSSR count). The first-order valence-corrected chi connectivity index (χ1v) is 8.49. The van der Waals surface area contributed by atoms with Crippen molar-refractivity contribution in [1.29, 1.82) is 0 Å². The van der Waals surface area contributed by atoms with E-state index in [1.807, 2.05) is 0 Å². The molecule has 3 aromatic rings. The summed E-state index contributed by atoms with van der Waals surface area (Å²) in [6.07, 6.45) is 1.60. The lowest BCUT2D eigenvalue weighted by atomic mass is 10.2. The number of carbonyl (C=O) groups is 2. The van der Waals surface area contributed by atoms with Crippen LogP contribution in [0, 0.1) is 0 Å². The lowest BCUT2D eigenvalue weighted by Crippen LogP contribution is -2.14. The predicted molar refractivity (Wildman–Crippen MR) is 91.6 cm³/mol. The Balaban J connectivity index is 1.66. The molecular formula is C14H9ClN4O2S2. The van der Waals surface area contributed by atoms with Crippen LogP contribution in [0.3, 0.4) is 0 Å². The van der Waals surface area contributed by atoms with Crippen molar-refractivity contribution in [2.45, 2.75) is 0 Å². The van der Waals surface area contributed by atoms with Crippen molar-refractivity contribution < 1.29 is 9.59 Å². The molecule has 0 unspecified atom stereocenters. The molecular weight excluding hydrogens is 356 g/mol. The number of carbonyl (C=O) groups excluding carboxylic acids is 2. The summed E-state index contributed by atoms with van der Waals surface area (Å²) in [5.74, 6) is -0.689. The largest absolute Gasteiger partial charge is 0.298 e. The molecule has 2 amide bonds. The van der Waals surface area contributed by atoms with Crippen molar-refractivity contribution in [2.24, 2.45) is 0 Å². The van der Waals surface area contributed by atoms with Gasteiger partial charge in [0.15, 0.2) is 10.3 Å². The lowest BCUT2D eigenvalue weighted by molar-refractivity contribution is 0.101. The molecule has 2 N–H and O–H groups in total. The van der Waals surface area contributed by atoms with E-state index in [-0.39, 0.29) is 17.5 Å². The fraction of sp³-hybridized carbons (Fsp3) is 0. The molecule has 23 heavy (non-hydrogen) atoms. The van der Waals surface area contributed by atoms with E-state index in [1.54, 1.807) is 41.2 Å². The summed E-state index contributed by atoms with van der Waals surface area (Å²) in [6, 6.07) is 6.49. The quantitative estimate of drug-likeness (QED) is 0.738. The number of nitrogens with zero attached hydrogens (tertiary/aromatic N) is 2. The third-order valence-corrected chi connectivity index (χ3v) is 4.41. The van der Waals surface area contributed by atoms with Crippen LogP contribution in [0.15, 0.2) is 41.2 Å². The summed E-state index contributed by atoms with van der Waals surface area (Å²) in [5, 5.41) is 9.99. The van der Waals surface area contributed by atoms with Crippen LogP contribution in [0.5, 0.6) is 0 Å². The standard InChI is InChI=1S/C14H9ClN4O2S2/c15-9-3-1-8(2-4-9)11(20)18-14-17-10(7-23-14)12(21)19-13-16-5-6-22-13/h1-7H,(H,16,19,21)(H,17,18,20). The van der Waals surface area contributed by atoms with Crippen molar-refractivity contribution in [1.82, 2.24) is 9.97 Å². The Morgan fingerprint density at radius 3 is 2.43 bits per heavy atom. The first-order valence-electron chi connectivity index (χ1n) is 6.35. The maximum absolute atomic E-state index is 12.1. The molecule has 0 bridgehead atoms. The van der Waals surface area contributed by atoms with E-state index in [0.717, 1.165) is 0 Å². The van der Waals surface area contributed by atoms with Crippen LogP contribution in [0.25, 0.3) is 0 Å². The number of thiazole rings is 2. The molecule has 0 radical (unpaired) electrons. The molecule has 116 valence electrons. The van der Waals surface area contributed by atoms with Gasteiger partial charge in [-0.3, -0.25) is 20.2 Å². The molecule has 0 fully saturated rings. The van der Waals surface area contributed by atoms with E-state index in [1.165, 1.54) is 22.7 Å². The summed E-state index contributed by atoms with van der Waals surface area (Å²) in [5.41, 5.74) is 0.676. The monoisotopic (exact) mass is 364 g/mol. The number of nitrogens with one attached hydrogen (secondary N) is 2. The average Bonchev–Trinajstić information content (AvgIpc) is 3.19. The summed E-state index contributed by atoms with van der Waals surface area (Å²) < 4.78 is 0. The highest BCUT2D eigenvalue weighted by atomic mass is 35.5. The Morgan fingerprint density at radius 2 is 1.74 bits per heavy atom. The maximum atomic E-state index is 12.1. The summed E-state index contributed by atoms with van der Waals surface area (Å²) in [4.78, 5) is 32.1. The topological polar surface area (TPSA) is 84.0 Å². The van der Waals surface area contributed by atoms with E-state index in [2.05, 4.69) is 20.6 Å². The Morgan fingerprint density at radius 1 is 1.00 bits per heavy atom. The van der Waals surface area contributed by atoms with Crippen LogP contribution in [0.1, 0.15) is 20.8 Å². The van der Waals surface area contributed by atoms with Crippen molar-refractivity contribution in [3.05, 3.63) is 57.5 Å². The van der Waals surface area contributed by atoms with Gasteiger partial charge in [0.05, 0.1) is 0 Å². The number of anilines is 2. The first kappa shape index (κ1) is 15.6. The highest BCUT2D eigenvalue weighted by Gasteiger charge is 2.14. The van der Waals surface area contributed by atoms with Gasteiger partial charge in [-0.15, -0.1) is 22.7 Å². The van der Waals surface area contributed by atoms with Crippen molar-refractivity contribution in [3.63, 3.8) is 0 Å². The second-order valence-corrected chi connectivity index (χ2v) is 6.48. The van der Waals surface area contributed by atoms with Crippen molar-refractivity contribution >= 4 is 56.4 Å². The summed E-state index contributed by atoms with van der Waals surface area (Å²) in [7, 11) is 0. The number of rotatable bonds is 4. The van der Waals surface area contributed by atoms with Gasteiger partial charge in [0, 0.05) is 27.5 Å². The van der Waals surface area contributed by atoms with Gasteiger partial charge in [-0.05, 0) is 24.3 Å². The van der Waals surface area contributed by atoms with Crippen molar-refractivity contribution in [2.75, 3.05) is 10.6 Å². The van der Waals surface area contributed by atoms with Crippen molar-refractivity contribution in [3.8, 4) is 0 Å². The zero-order valence-electron chi connectivity index (χ0n) is 11.4. The zero-order chi connectivity index (χ0) is 16.2. The molecule has 1 aromatic carbocycles. The number of amides is 2. The molecule has 9 heteroatoms. The third-order valence-electron chi connectivity index (χ3n) is 2.72. The van der Waals surface area contributed by atoms with Gasteiger partial charge in [0.25, 0.3) is 11.8 Å². The van der Waals surface area contributed by atoms with Gasteiger partial charge in [-0.2, -0.15) is 0 Å². The molecule has 2 heterocycles. The van der Waals surface area contributed by atoms with Gasteiger partial charge in [0.2, 0.25) is 0 Å². The van der Waals surface area contributed by atoms with Crippen LogP contribution in [0.4, 0.5) is 10.3 Å². The average molecular weight is 365 g/mol. The van der Waals surface area contributed by atoms with E-state index < -0.39 is 0 Å². The Labute approximate surface area is 144 Å². The fourth-order valence-electron chi connectivity index (χ4n) is 1.65. The lowest BCUT2D eigenvalue weighted by Gasteiger charge is -2.01. The fourth-order valence-corrected chi connectivity index (χ4v) is 2.99. The van der Waals surface area contributed by atoms with Gasteiger partial charge in [-0.1, -0.05) is 11.6 Å². The third kappa shape index (κ3) is 3.92. The minimum atomic E-state index is -0.372. The summed E-state index contributed by atoms with van der Waals surface area (Å²) >= 11 is 8.27. The van der Waals surface area contributed by atoms with Gasteiger partial charge in [-0.25, -0.2) is 9.97 Å². The first-order chi connectivity index (χ1) is 11.1.